The van der Waals surface area contributed by atoms with Crippen LogP contribution in [-0.4, -0.2) is 24.4 Å². The van der Waals surface area contributed by atoms with Crippen LogP contribution in [0.2, 0.25) is 5.02 Å². The van der Waals surface area contributed by atoms with E-state index in [2.05, 4.69) is 5.32 Å². The minimum absolute atomic E-state index is 0.0481. The zero-order chi connectivity index (χ0) is 12.7. The Hall–Kier alpha value is -1.46. The van der Waals surface area contributed by atoms with E-state index in [1.165, 1.54) is 0 Å². The molecule has 1 fully saturated rings. The highest BCUT2D eigenvalue weighted by Crippen LogP contribution is 2.41. The van der Waals surface area contributed by atoms with Crippen LogP contribution in [0.25, 0.3) is 0 Å². The fraction of sp³-hybridized carbons (Fsp3) is 0.417. The van der Waals surface area contributed by atoms with Crippen LogP contribution in [-0.2, 0) is 4.79 Å². The molecule has 0 saturated carbocycles. The predicted molar refractivity (Wildman–Crippen MR) is 64.1 cm³/mol. The molecular formula is C12H12ClNO4. The van der Waals surface area contributed by atoms with Gasteiger partial charge in [0.05, 0.1) is 5.92 Å². The van der Waals surface area contributed by atoms with Crippen LogP contribution >= 0.6 is 11.6 Å². The SMILES string of the molecule is O=C(O)C1CNC(c2cc3c(cc2Cl)OCO3)C1. The first-order valence-electron chi connectivity index (χ1n) is 5.70. The first-order chi connectivity index (χ1) is 8.65. The van der Waals surface area contributed by atoms with Crippen molar-refractivity contribution in [1.29, 1.82) is 0 Å². The third-order valence-corrected chi connectivity index (χ3v) is 3.67. The van der Waals surface area contributed by atoms with Crippen molar-refractivity contribution in [1.82, 2.24) is 5.32 Å². The summed E-state index contributed by atoms with van der Waals surface area (Å²) in [5.74, 6) is 0.157. The number of nitrogens with one attached hydrogen (secondary N) is 1. The standard InChI is InChI=1S/C12H12ClNO4/c13-8-3-11-10(17-5-18-11)2-7(8)9-1-6(4-14-9)12(15)16/h2-3,6,9,14H,1,4-5H2,(H,15,16). The van der Waals surface area contributed by atoms with Crippen LogP contribution in [0.5, 0.6) is 11.5 Å². The number of ether oxygens (including phenoxy) is 2. The monoisotopic (exact) mass is 269 g/mol. The Morgan fingerprint density at radius 3 is 2.78 bits per heavy atom. The number of hydrogen-bond acceptors (Lipinski definition) is 4. The Bertz CT molecular complexity index is 505. The van der Waals surface area contributed by atoms with Crippen LogP contribution in [0.1, 0.15) is 18.0 Å². The molecule has 0 aliphatic carbocycles. The smallest absolute Gasteiger partial charge is 0.307 e. The number of aliphatic carboxylic acids is 1. The second-order valence-electron chi connectivity index (χ2n) is 4.46. The number of carboxylic acid groups (broad SMARTS) is 1. The lowest BCUT2D eigenvalue weighted by Gasteiger charge is -2.13. The Morgan fingerprint density at radius 1 is 1.39 bits per heavy atom. The largest absolute Gasteiger partial charge is 0.481 e. The summed E-state index contributed by atoms with van der Waals surface area (Å²) in [6, 6.07) is 3.50. The van der Waals surface area contributed by atoms with Crippen LogP contribution in [0.15, 0.2) is 12.1 Å². The zero-order valence-corrected chi connectivity index (χ0v) is 10.2. The third-order valence-electron chi connectivity index (χ3n) is 3.35. The van der Waals surface area contributed by atoms with Crippen molar-refractivity contribution in [3.05, 3.63) is 22.7 Å². The van der Waals surface area contributed by atoms with Gasteiger partial charge in [0.2, 0.25) is 6.79 Å². The Morgan fingerprint density at radius 2 is 2.11 bits per heavy atom. The van der Waals surface area contributed by atoms with Gasteiger partial charge in [0.1, 0.15) is 0 Å². The van der Waals surface area contributed by atoms with Crippen LogP contribution < -0.4 is 14.8 Å². The number of halogens is 1. The fourth-order valence-electron chi connectivity index (χ4n) is 2.36. The molecule has 2 aliphatic rings. The second-order valence-corrected chi connectivity index (χ2v) is 4.87. The van der Waals surface area contributed by atoms with Gasteiger partial charge in [-0.25, -0.2) is 0 Å². The Balaban J connectivity index is 1.87. The Labute approximate surface area is 109 Å². The van der Waals surface area contributed by atoms with Gasteiger partial charge in [0, 0.05) is 23.7 Å². The molecule has 0 amide bonds. The third kappa shape index (κ3) is 1.89. The lowest BCUT2D eigenvalue weighted by atomic mass is 10.00. The molecule has 96 valence electrons. The fourth-order valence-corrected chi connectivity index (χ4v) is 2.65. The van der Waals surface area contributed by atoms with E-state index in [-0.39, 0.29) is 18.8 Å². The summed E-state index contributed by atoms with van der Waals surface area (Å²) in [6.07, 6.45) is 0.536. The minimum atomic E-state index is -0.776. The number of rotatable bonds is 2. The summed E-state index contributed by atoms with van der Waals surface area (Å²) < 4.78 is 10.5. The number of carboxylic acids is 1. The molecule has 5 nitrogen and oxygen atoms in total. The van der Waals surface area contributed by atoms with E-state index in [0.717, 1.165) is 5.56 Å². The van der Waals surface area contributed by atoms with E-state index in [1.54, 1.807) is 6.07 Å². The number of hydrogen-bond donors (Lipinski definition) is 2. The van der Waals surface area contributed by atoms with E-state index in [0.29, 0.717) is 29.5 Å². The van der Waals surface area contributed by atoms with Gasteiger partial charge in [-0.05, 0) is 18.1 Å². The van der Waals surface area contributed by atoms with Crippen molar-refractivity contribution in [2.75, 3.05) is 13.3 Å². The molecular weight excluding hydrogens is 258 g/mol. The first kappa shape index (κ1) is 11.6. The van der Waals surface area contributed by atoms with E-state index in [1.807, 2.05) is 6.07 Å². The maximum absolute atomic E-state index is 10.9. The van der Waals surface area contributed by atoms with Gasteiger partial charge in [0.15, 0.2) is 11.5 Å². The van der Waals surface area contributed by atoms with E-state index in [9.17, 15) is 4.79 Å². The van der Waals surface area contributed by atoms with E-state index < -0.39 is 5.97 Å². The van der Waals surface area contributed by atoms with Gasteiger partial charge in [-0.3, -0.25) is 4.79 Å². The first-order valence-corrected chi connectivity index (χ1v) is 6.08. The topological polar surface area (TPSA) is 67.8 Å². The Kier molecular flexibility index (Phi) is 2.80. The number of carbonyl (C=O) groups is 1. The van der Waals surface area contributed by atoms with Gasteiger partial charge < -0.3 is 19.9 Å². The van der Waals surface area contributed by atoms with Crippen LogP contribution in [0.4, 0.5) is 0 Å². The van der Waals surface area contributed by atoms with Gasteiger partial charge >= 0.3 is 5.97 Å². The molecule has 0 radical (unpaired) electrons. The summed E-state index contributed by atoms with van der Waals surface area (Å²) >= 11 is 6.19. The molecule has 0 aromatic heterocycles. The molecule has 0 spiro atoms. The van der Waals surface area contributed by atoms with Crippen molar-refractivity contribution in [3.8, 4) is 11.5 Å². The number of benzene rings is 1. The summed E-state index contributed by atoms with van der Waals surface area (Å²) in [6.45, 7) is 0.662. The maximum Gasteiger partial charge on any atom is 0.307 e. The normalized spacial score (nSPS) is 25.4. The van der Waals surface area contributed by atoms with Crippen LogP contribution in [0.3, 0.4) is 0 Å². The summed E-state index contributed by atoms with van der Waals surface area (Å²) in [5.41, 5.74) is 0.865. The van der Waals surface area contributed by atoms with Crippen LogP contribution in [0, 0.1) is 5.92 Å². The minimum Gasteiger partial charge on any atom is -0.481 e. The quantitative estimate of drug-likeness (QED) is 0.857. The highest BCUT2D eigenvalue weighted by atomic mass is 35.5. The van der Waals surface area contributed by atoms with Crippen molar-refractivity contribution >= 4 is 17.6 Å². The highest BCUT2D eigenvalue weighted by molar-refractivity contribution is 6.31. The maximum atomic E-state index is 10.9. The van der Waals surface area contributed by atoms with Crippen molar-refractivity contribution in [2.24, 2.45) is 5.92 Å². The molecule has 2 atom stereocenters. The summed E-state index contributed by atoms with van der Waals surface area (Å²) in [5, 5.41) is 12.7. The second kappa shape index (κ2) is 4.33. The molecule has 1 aromatic carbocycles. The van der Waals surface area contributed by atoms with Crippen molar-refractivity contribution < 1.29 is 19.4 Å². The molecule has 1 saturated heterocycles. The van der Waals surface area contributed by atoms with Gasteiger partial charge in [-0.2, -0.15) is 0 Å². The number of fused-ring (bicyclic) bond motifs is 1. The lowest BCUT2D eigenvalue weighted by molar-refractivity contribution is -0.141. The molecule has 18 heavy (non-hydrogen) atoms. The molecule has 3 rings (SSSR count). The molecule has 1 aromatic rings. The average molecular weight is 270 g/mol. The van der Waals surface area contributed by atoms with E-state index in [4.69, 9.17) is 26.2 Å². The molecule has 6 heteroatoms. The molecule has 2 heterocycles. The van der Waals surface area contributed by atoms with E-state index >= 15 is 0 Å². The zero-order valence-electron chi connectivity index (χ0n) is 9.48. The highest BCUT2D eigenvalue weighted by Gasteiger charge is 2.32. The van der Waals surface area contributed by atoms with Gasteiger partial charge in [-0.15, -0.1) is 0 Å². The van der Waals surface area contributed by atoms with Gasteiger partial charge in [-0.1, -0.05) is 11.6 Å². The molecule has 2 unspecified atom stereocenters. The summed E-state index contributed by atoms with van der Waals surface area (Å²) in [4.78, 5) is 10.9. The molecule has 2 N–H and O–H groups in total. The predicted octanol–water partition coefficient (Wildman–Crippen LogP) is 1.80. The lowest BCUT2D eigenvalue weighted by Crippen LogP contribution is -2.17. The van der Waals surface area contributed by atoms with Crippen molar-refractivity contribution in [2.45, 2.75) is 12.5 Å². The average Bonchev–Trinajstić information content (AvgIpc) is 2.94. The molecule has 2 aliphatic heterocycles. The van der Waals surface area contributed by atoms with Gasteiger partial charge in [0.25, 0.3) is 0 Å². The summed E-state index contributed by atoms with van der Waals surface area (Å²) in [7, 11) is 0. The van der Waals surface area contributed by atoms with Crippen molar-refractivity contribution in [3.63, 3.8) is 0 Å². The molecule has 0 bridgehead atoms.